The molecular formula is C16H19ClFN7. The summed E-state index contributed by atoms with van der Waals surface area (Å²) in [7, 11) is 0. The number of nitrogens with one attached hydrogen (secondary N) is 1. The van der Waals surface area contributed by atoms with Gasteiger partial charge in [0.1, 0.15) is 18.0 Å². The van der Waals surface area contributed by atoms with Crippen LogP contribution in [0.2, 0.25) is 5.28 Å². The summed E-state index contributed by atoms with van der Waals surface area (Å²) in [5.74, 6) is 0.579. The number of fused-ring (bicyclic) bond motifs is 1. The summed E-state index contributed by atoms with van der Waals surface area (Å²) in [4.78, 5) is 12.3. The first-order valence-corrected chi connectivity index (χ1v) is 8.26. The van der Waals surface area contributed by atoms with E-state index in [0.29, 0.717) is 18.8 Å². The van der Waals surface area contributed by atoms with Gasteiger partial charge in [0.25, 0.3) is 0 Å². The van der Waals surface area contributed by atoms with Gasteiger partial charge >= 0.3 is 0 Å². The lowest BCUT2D eigenvalue weighted by Crippen LogP contribution is -2.31. The number of rotatable bonds is 6. The molecule has 0 spiro atoms. The number of hydrogen-bond donors (Lipinski definition) is 2. The molecule has 0 aromatic carbocycles. The Bertz CT molecular complexity index is 866. The van der Waals surface area contributed by atoms with Crippen molar-refractivity contribution in [2.75, 3.05) is 5.32 Å². The van der Waals surface area contributed by atoms with E-state index in [4.69, 9.17) is 17.3 Å². The number of nitrogens with zero attached hydrogens (tertiary/aromatic N) is 5. The topological polar surface area (TPSA) is 94.0 Å². The van der Waals surface area contributed by atoms with Crippen molar-refractivity contribution in [2.24, 2.45) is 5.73 Å². The van der Waals surface area contributed by atoms with Crippen molar-refractivity contribution in [1.29, 1.82) is 0 Å². The van der Waals surface area contributed by atoms with Crippen LogP contribution in [0.25, 0.3) is 5.52 Å². The minimum Gasteiger partial charge on any atom is -0.363 e. The predicted octanol–water partition coefficient (Wildman–Crippen LogP) is 2.32. The Morgan fingerprint density at radius 3 is 2.92 bits per heavy atom. The molecule has 132 valence electrons. The molecule has 2 atom stereocenters. The van der Waals surface area contributed by atoms with E-state index in [2.05, 4.69) is 25.4 Å². The first-order valence-electron chi connectivity index (χ1n) is 7.89. The second-order valence-electron chi connectivity index (χ2n) is 5.88. The molecular weight excluding hydrogens is 345 g/mol. The summed E-state index contributed by atoms with van der Waals surface area (Å²) in [5, 5.41) is 7.56. The molecule has 0 aliphatic carbocycles. The van der Waals surface area contributed by atoms with E-state index in [9.17, 15) is 4.39 Å². The average molecular weight is 364 g/mol. The molecule has 0 unspecified atom stereocenters. The number of halogens is 2. The van der Waals surface area contributed by atoms with Gasteiger partial charge in [-0.3, -0.25) is 0 Å². The van der Waals surface area contributed by atoms with Crippen LogP contribution in [0.5, 0.6) is 0 Å². The van der Waals surface area contributed by atoms with Gasteiger partial charge in [-0.25, -0.2) is 18.9 Å². The summed E-state index contributed by atoms with van der Waals surface area (Å²) in [6.45, 7) is 3.82. The van der Waals surface area contributed by atoms with Crippen LogP contribution in [-0.2, 0) is 13.0 Å². The molecule has 0 fully saturated rings. The van der Waals surface area contributed by atoms with Gasteiger partial charge in [0.15, 0.2) is 5.82 Å². The number of aryl methyl sites for hydroxylation is 1. The van der Waals surface area contributed by atoms with Crippen molar-refractivity contribution in [2.45, 2.75) is 39.0 Å². The Labute approximate surface area is 149 Å². The monoisotopic (exact) mass is 363 g/mol. The summed E-state index contributed by atoms with van der Waals surface area (Å²) in [5.41, 5.74) is 9.22. The molecule has 3 heterocycles. The SMILES string of the molecule is Cc1c(C[C@@H](N)[C@H](C)F)cc2c(NCc3ccncn3)nc(Cl)nn12. The Morgan fingerprint density at radius 2 is 2.24 bits per heavy atom. The molecule has 25 heavy (non-hydrogen) atoms. The second-order valence-corrected chi connectivity index (χ2v) is 6.22. The molecule has 3 N–H and O–H groups in total. The van der Waals surface area contributed by atoms with Crippen LogP contribution in [0.15, 0.2) is 24.7 Å². The number of anilines is 1. The van der Waals surface area contributed by atoms with Crippen molar-refractivity contribution in [3.05, 3.63) is 46.9 Å². The highest BCUT2D eigenvalue weighted by Gasteiger charge is 2.18. The molecule has 3 aromatic rings. The summed E-state index contributed by atoms with van der Waals surface area (Å²) < 4.78 is 15.1. The van der Waals surface area contributed by atoms with Gasteiger partial charge < -0.3 is 11.1 Å². The van der Waals surface area contributed by atoms with Gasteiger partial charge in [0.05, 0.1) is 12.2 Å². The fourth-order valence-electron chi connectivity index (χ4n) is 2.55. The fraction of sp³-hybridized carbons (Fsp3) is 0.375. The zero-order chi connectivity index (χ0) is 18.0. The minimum absolute atomic E-state index is 0.117. The van der Waals surface area contributed by atoms with Gasteiger partial charge in [-0.1, -0.05) is 0 Å². The number of nitrogens with two attached hydrogens (primary N) is 1. The molecule has 0 saturated carbocycles. The normalized spacial score (nSPS) is 13.8. The molecule has 0 bridgehead atoms. The highest BCUT2D eigenvalue weighted by molar-refractivity contribution is 6.28. The standard InChI is InChI=1S/C16H19ClFN7/c1-9(18)13(19)5-11-6-14-15(21-7-12-3-4-20-8-22-12)23-16(17)24-25(14)10(11)2/h3-4,6,8-9,13H,5,7,19H2,1-2H3,(H,21,23,24)/t9-,13+/m0/s1. The lowest BCUT2D eigenvalue weighted by atomic mass is 10.0. The van der Waals surface area contributed by atoms with Crippen LogP contribution >= 0.6 is 11.6 Å². The molecule has 0 radical (unpaired) electrons. The third kappa shape index (κ3) is 3.85. The van der Waals surface area contributed by atoms with Crippen LogP contribution in [0.1, 0.15) is 23.9 Å². The molecule has 3 rings (SSSR count). The van der Waals surface area contributed by atoms with E-state index >= 15 is 0 Å². The van der Waals surface area contributed by atoms with E-state index in [1.54, 1.807) is 10.7 Å². The molecule has 0 aliphatic heterocycles. The average Bonchev–Trinajstić information content (AvgIpc) is 2.90. The first-order chi connectivity index (χ1) is 12.0. The Hall–Kier alpha value is -2.32. The Kier molecular flexibility index (Phi) is 5.10. The first kappa shape index (κ1) is 17.5. The molecule has 7 nitrogen and oxygen atoms in total. The summed E-state index contributed by atoms with van der Waals surface area (Å²) in [6.07, 6.45) is 2.48. The van der Waals surface area contributed by atoms with E-state index in [1.165, 1.54) is 13.3 Å². The third-order valence-electron chi connectivity index (χ3n) is 4.08. The molecule has 0 saturated heterocycles. The highest BCUT2D eigenvalue weighted by atomic mass is 35.5. The maximum Gasteiger partial charge on any atom is 0.243 e. The van der Waals surface area contributed by atoms with Crippen molar-refractivity contribution >= 4 is 22.9 Å². The van der Waals surface area contributed by atoms with Gasteiger partial charge in [0, 0.05) is 17.9 Å². The van der Waals surface area contributed by atoms with Crippen molar-refractivity contribution in [3.63, 3.8) is 0 Å². The molecule has 0 amide bonds. The quantitative estimate of drug-likeness (QED) is 0.698. The third-order valence-corrected chi connectivity index (χ3v) is 4.24. The van der Waals surface area contributed by atoms with Crippen LogP contribution < -0.4 is 11.1 Å². The number of alkyl halides is 1. The number of aromatic nitrogens is 5. The van der Waals surface area contributed by atoms with Crippen LogP contribution in [0.3, 0.4) is 0 Å². The van der Waals surface area contributed by atoms with E-state index < -0.39 is 12.2 Å². The molecule has 0 aliphatic rings. The predicted molar refractivity (Wildman–Crippen MR) is 94.3 cm³/mol. The largest absolute Gasteiger partial charge is 0.363 e. The van der Waals surface area contributed by atoms with Gasteiger partial charge in [-0.2, -0.15) is 4.98 Å². The number of hydrogen-bond acceptors (Lipinski definition) is 6. The van der Waals surface area contributed by atoms with Crippen molar-refractivity contribution in [3.8, 4) is 0 Å². The Morgan fingerprint density at radius 1 is 1.44 bits per heavy atom. The van der Waals surface area contributed by atoms with Crippen molar-refractivity contribution in [1.82, 2.24) is 24.6 Å². The van der Waals surface area contributed by atoms with Crippen LogP contribution in [0, 0.1) is 6.92 Å². The zero-order valence-electron chi connectivity index (χ0n) is 13.9. The fourth-order valence-corrected chi connectivity index (χ4v) is 2.71. The van der Waals surface area contributed by atoms with Crippen LogP contribution in [0.4, 0.5) is 10.2 Å². The summed E-state index contributed by atoms with van der Waals surface area (Å²) in [6, 6.07) is 3.15. The molecule has 9 heteroatoms. The Balaban J connectivity index is 1.92. The van der Waals surface area contributed by atoms with E-state index in [-0.39, 0.29) is 5.28 Å². The minimum atomic E-state index is -1.09. The highest BCUT2D eigenvalue weighted by Crippen LogP contribution is 2.24. The maximum absolute atomic E-state index is 13.4. The molecule has 3 aromatic heterocycles. The zero-order valence-corrected chi connectivity index (χ0v) is 14.7. The van der Waals surface area contributed by atoms with Crippen LogP contribution in [-0.4, -0.2) is 36.8 Å². The second kappa shape index (κ2) is 7.28. The van der Waals surface area contributed by atoms with Gasteiger partial charge in [0.2, 0.25) is 5.28 Å². The smallest absolute Gasteiger partial charge is 0.243 e. The lowest BCUT2D eigenvalue weighted by molar-refractivity contribution is 0.304. The summed E-state index contributed by atoms with van der Waals surface area (Å²) >= 11 is 6.05. The lowest BCUT2D eigenvalue weighted by Gasteiger charge is -2.11. The van der Waals surface area contributed by atoms with E-state index in [0.717, 1.165) is 22.5 Å². The van der Waals surface area contributed by atoms with Crippen molar-refractivity contribution < 1.29 is 4.39 Å². The van der Waals surface area contributed by atoms with Gasteiger partial charge in [-0.05, 0) is 49.6 Å². The van der Waals surface area contributed by atoms with E-state index in [1.807, 2.05) is 19.1 Å². The maximum atomic E-state index is 13.4. The van der Waals surface area contributed by atoms with Gasteiger partial charge in [-0.15, -0.1) is 5.10 Å².